The molecule has 0 N–H and O–H groups in total. The predicted octanol–water partition coefficient (Wildman–Crippen LogP) is 5.84. The SMILES string of the molecule is CC(C)Oc1cc(CC(=O)CCC(F)(F)F)cc(-c2cnc3cc(C(=O)C4CC4)ccn23)c1. The standard InChI is InChI=1S/C25H25F3N2O3/c1-15(2)33-21-11-16(10-20(31)5-7-25(26,27)28)9-19(12-21)22-14-29-23-13-18(6-8-30(22)23)24(32)17-3-4-17/h6,8-9,11-15,17H,3-5,7,10H2,1-2H3. The van der Waals surface area contributed by atoms with Crippen molar-refractivity contribution >= 4 is 17.2 Å². The molecule has 3 aromatic rings. The number of ether oxygens (including phenoxy) is 1. The van der Waals surface area contributed by atoms with Gasteiger partial charge >= 0.3 is 6.18 Å². The number of pyridine rings is 1. The number of hydrogen-bond donors (Lipinski definition) is 0. The van der Waals surface area contributed by atoms with Crippen molar-refractivity contribution in [1.82, 2.24) is 9.38 Å². The molecule has 0 aliphatic heterocycles. The second kappa shape index (κ2) is 9.00. The highest BCUT2D eigenvalue weighted by Gasteiger charge is 2.30. The molecule has 0 atom stereocenters. The van der Waals surface area contributed by atoms with Gasteiger partial charge in [-0.05, 0) is 62.6 Å². The molecule has 1 aliphatic rings. The van der Waals surface area contributed by atoms with Gasteiger partial charge in [0, 0.05) is 36.1 Å². The molecule has 1 aliphatic carbocycles. The number of hydrogen-bond acceptors (Lipinski definition) is 4. The topological polar surface area (TPSA) is 60.7 Å². The number of alkyl halides is 3. The van der Waals surface area contributed by atoms with Crippen LogP contribution in [0.1, 0.15) is 55.5 Å². The number of nitrogens with zero attached hydrogens (tertiary/aromatic N) is 2. The zero-order valence-corrected chi connectivity index (χ0v) is 18.5. The van der Waals surface area contributed by atoms with Crippen molar-refractivity contribution in [3.05, 3.63) is 53.9 Å². The van der Waals surface area contributed by atoms with Crippen LogP contribution < -0.4 is 4.74 Å². The van der Waals surface area contributed by atoms with Crippen LogP contribution in [0.4, 0.5) is 13.2 Å². The van der Waals surface area contributed by atoms with Gasteiger partial charge in [0.25, 0.3) is 0 Å². The summed E-state index contributed by atoms with van der Waals surface area (Å²) in [5.41, 5.74) is 3.28. The number of benzene rings is 1. The maximum Gasteiger partial charge on any atom is 0.389 e. The van der Waals surface area contributed by atoms with E-state index in [1.807, 2.05) is 24.3 Å². The third kappa shape index (κ3) is 5.80. The number of ketones is 2. The summed E-state index contributed by atoms with van der Waals surface area (Å²) in [6.07, 6.45) is -0.964. The van der Waals surface area contributed by atoms with Crippen molar-refractivity contribution in [1.29, 1.82) is 0 Å². The van der Waals surface area contributed by atoms with Gasteiger partial charge in [-0.2, -0.15) is 13.2 Å². The minimum atomic E-state index is -4.36. The highest BCUT2D eigenvalue weighted by Crippen LogP contribution is 2.33. The van der Waals surface area contributed by atoms with Gasteiger partial charge in [0.05, 0.1) is 24.4 Å². The lowest BCUT2D eigenvalue weighted by Gasteiger charge is -2.14. The summed E-state index contributed by atoms with van der Waals surface area (Å²) in [5, 5.41) is 0. The fraction of sp³-hybridized carbons (Fsp3) is 0.400. The molecule has 174 valence electrons. The molecule has 5 nitrogen and oxygen atoms in total. The minimum absolute atomic E-state index is 0.115. The Morgan fingerprint density at radius 1 is 1.18 bits per heavy atom. The van der Waals surface area contributed by atoms with Gasteiger partial charge in [0.15, 0.2) is 5.78 Å². The van der Waals surface area contributed by atoms with E-state index in [9.17, 15) is 22.8 Å². The van der Waals surface area contributed by atoms with Gasteiger partial charge < -0.3 is 4.74 Å². The van der Waals surface area contributed by atoms with Crippen LogP contribution >= 0.6 is 0 Å². The molecule has 33 heavy (non-hydrogen) atoms. The van der Waals surface area contributed by atoms with Crippen molar-refractivity contribution in [2.75, 3.05) is 0 Å². The third-order valence-corrected chi connectivity index (χ3v) is 5.47. The van der Waals surface area contributed by atoms with E-state index in [2.05, 4.69) is 4.98 Å². The maximum atomic E-state index is 12.5. The van der Waals surface area contributed by atoms with Crippen LogP contribution in [0, 0.1) is 5.92 Å². The zero-order valence-electron chi connectivity index (χ0n) is 18.5. The average Bonchev–Trinajstić information content (AvgIpc) is 3.49. The minimum Gasteiger partial charge on any atom is -0.491 e. The van der Waals surface area contributed by atoms with Gasteiger partial charge in [-0.25, -0.2) is 4.98 Å². The molecule has 0 bridgehead atoms. The Labute approximate surface area is 189 Å². The van der Waals surface area contributed by atoms with E-state index >= 15 is 0 Å². The van der Waals surface area contributed by atoms with Crippen LogP contribution in [-0.4, -0.2) is 33.2 Å². The fourth-order valence-corrected chi connectivity index (χ4v) is 3.78. The van der Waals surface area contributed by atoms with E-state index in [0.717, 1.165) is 24.1 Å². The van der Waals surface area contributed by atoms with Crippen molar-refractivity contribution in [2.45, 2.75) is 58.2 Å². The molecule has 0 radical (unpaired) electrons. The van der Waals surface area contributed by atoms with Gasteiger partial charge in [-0.15, -0.1) is 0 Å². The molecule has 1 aromatic carbocycles. The lowest BCUT2D eigenvalue weighted by Crippen LogP contribution is -2.12. The molecule has 8 heteroatoms. The summed E-state index contributed by atoms with van der Waals surface area (Å²) in [7, 11) is 0. The molecule has 0 spiro atoms. The van der Waals surface area contributed by atoms with E-state index in [-0.39, 0.29) is 24.2 Å². The molecule has 0 amide bonds. The number of halogens is 3. The summed E-state index contributed by atoms with van der Waals surface area (Å²) < 4.78 is 45.1. The monoisotopic (exact) mass is 458 g/mol. The summed E-state index contributed by atoms with van der Waals surface area (Å²) in [5.74, 6) is 0.288. The Hall–Kier alpha value is -3.16. The number of carbonyl (C=O) groups excluding carboxylic acids is 2. The van der Waals surface area contributed by atoms with Gasteiger partial charge in [0.1, 0.15) is 17.2 Å². The summed E-state index contributed by atoms with van der Waals surface area (Å²) in [4.78, 5) is 29.0. The van der Waals surface area contributed by atoms with E-state index in [1.54, 1.807) is 36.7 Å². The lowest BCUT2D eigenvalue weighted by atomic mass is 10.0. The number of fused-ring (bicyclic) bond motifs is 1. The second-order valence-corrected chi connectivity index (χ2v) is 8.79. The maximum absolute atomic E-state index is 12.5. The van der Waals surface area contributed by atoms with Crippen LogP contribution in [0.3, 0.4) is 0 Å². The Morgan fingerprint density at radius 2 is 1.94 bits per heavy atom. The Kier molecular flexibility index (Phi) is 6.28. The van der Waals surface area contributed by atoms with Crippen molar-refractivity contribution < 1.29 is 27.5 Å². The quantitative estimate of drug-likeness (QED) is 0.378. The summed E-state index contributed by atoms with van der Waals surface area (Å²) in [6, 6.07) is 8.81. The fourth-order valence-electron chi connectivity index (χ4n) is 3.78. The normalized spacial score (nSPS) is 14.1. The van der Waals surface area contributed by atoms with Crippen LogP contribution in [0.15, 0.2) is 42.7 Å². The first-order valence-corrected chi connectivity index (χ1v) is 11.0. The molecule has 2 heterocycles. The van der Waals surface area contributed by atoms with Crippen LogP contribution in [-0.2, 0) is 11.2 Å². The number of imidazole rings is 1. The van der Waals surface area contributed by atoms with E-state index in [4.69, 9.17) is 4.74 Å². The second-order valence-electron chi connectivity index (χ2n) is 8.79. The first kappa shape index (κ1) is 23.0. The number of aromatic nitrogens is 2. The highest BCUT2D eigenvalue weighted by molar-refractivity contribution is 6.00. The summed E-state index contributed by atoms with van der Waals surface area (Å²) in [6.45, 7) is 3.74. The molecule has 1 fully saturated rings. The van der Waals surface area contributed by atoms with Crippen molar-refractivity contribution in [3.63, 3.8) is 0 Å². The molecular weight excluding hydrogens is 433 g/mol. The van der Waals surface area contributed by atoms with Gasteiger partial charge in [-0.1, -0.05) is 0 Å². The molecular formula is C25H25F3N2O3. The predicted molar refractivity (Wildman–Crippen MR) is 117 cm³/mol. The van der Waals surface area contributed by atoms with Crippen LogP contribution in [0.5, 0.6) is 5.75 Å². The first-order valence-electron chi connectivity index (χ1n) is 11.0. The van der Waals surface area contributed by atoms with Gasteiger partial charge in [0.2, 0.25) is 0 Å². The highest BCUT2D eigenvalue weighted by atomic mass is 19.4. The lowest BCUT2D eigenvalue weighted by molar-refractivity contribution is -0.143. The number of Topliss-reactive ketones (excluding diaryl/α,β-unsaturated/α-hetero) is 2. The summed E-state index contributed by atoms with van der Waals surface area (Å²) >= 11 is 0. The van der Waals surface area contributed by atoms with Crippen molar-refractivity contribution in [2.24, 2.45) is 5.92 Å². The zero-order chi connectivity index (χ0) is 23.8. The van der Waals surface area contributed by atoms with Crippen LogP contribution in [0.25, 0.3) is 16.9 Å². The Morgan fingerprint density at radius 3 is 2.61 bits per heavy atom. The Bertz CT molecular complexity index is 1190. The molecule has 4 rings (SSSR count). The van der Waals surface area contributed by atoms with Crippen LogP contribution in [0.2, 0.25) is 0 Å². The smallest absolute Gasteiger partial charge is 0.389 e. The van der Waals surface area contributed by atoms with E-state index in [0.29, 0.717) is 22.5 Å². The first-order chi connectivity index (χ1) is 15.6. The molecule has 0 unspecified atom stereocenters. The van der Waals surface area contributed by atoms with Gasteiger partial charge in [-0.3, -0.25) is 14.0 Å². The van der Waals surface area contributed by atoms with Crippen molar-refractivity contribution in [3.8, 4) is 17.0 Å². The number of carbonyl (C=O) groups is 2. The van der Waals surface area contributed by atoms with E-state index < -0.39 is 24.8 Å². The molecule has 2 aromatic heterocycles. The largest absolute Gasteiger partial charge is 0.491 e. The van der Waals surface area contributed by atoms with E-state index in [1.165, 1.54) is 0 Å². The number of rotatable bonds is 9. The molecule has 1 saturated carbocycles. The average molecular weight is 458 g/mol. The Balaban J connectivity index is 1.64. The third-order valence-electron chi connectivity index (χ3n) is 5.47. The molecule has 0 saturated heterocycles.